The molecule has 0 saturated carbocycles. The average Bonchev–Trinajstić information content (AvgIpc) is 2.58. The predicted molar refractivity (Wildman–Crippen MR) is 98.5 cm³/mol. The van der Waals surface area contributed by atoms with Gasteiger partial charge in [0, 0.05) is 16.3 Å². The van der Waals surface area contributed by atoms with E-state index in [1.165, 1.54) is 4.90 Å². The van der Waals surface area contributed by atoms with E-state index < -0.39 is 0 Å². The molecular formula is C18H21ClN2OS. The van der Waals surface area contributed by atoms with Crippen molar-refractivity contribution in [3.8, 4) is 0 Å². The molecule has 0 aliphatic carbocycles. The summed E-state index contributed by atoms with van der Waals surface area (Å²) in [5.74, 6) is 0.192. The number of piperidine rings is 1. The highest BCUT2D eigenvalue weighted by atomic mass is 35.5. The van der Waals surface area contributed by atoms with Gasteiger partial charge in [0.25, 0.3) is 0 Å². The fraction of sp³-hybridized carbons (Fsp3) is 0.278. The van der Waals surface area contributed by atoms with E-state index in [0.29, 0.717) is 0 Å². The minimum Gasteiger partial charge on any atom is -0.325 e. The highest BCUT2D eigenvalue weighted by Crippen LogP contribution is 2.33. The van der Waals surface area contributed by atoms with Crippen LogP contribution in [0.5, 0.6) is 0 Å². The Morgan fingerprint density at radius 1 is 1.09 bits per heavy atom. The summed E-state index contributed by atoms with van der Waals surface area (Å²) in [6, 6.07) is 18.2. The number of hydrogen-bond donors (Lipinski definition) is 2. The number of para-hydroxylation sites is 1. The molecule has 0 bridgehead atoms. The number of nitrogens with one attached hydrogen (secondary N) is 2. The Kier molecular flexibility index (Phi) is 6.96. The van der Waals surface area contributed by atoms with Crippen molar-refractivity contribution in [2.75, 3.05) is 18.4 Å². The Labute approximate surface area is 147 Å². The standard InChI is InChI=1S/C18H20N2OS.ClH/c21-18(14-7-6-12-19-13-14)20-16-10-4-5-11-17(16)22-15-8-2-1-3-9-15;/h1-5,8-11,14,19H,6-7,12-13H2,(H,20,21);1H/t14-;/m1./s1. The number of carbonyl (C=O) groups is 1. The highest BCUT2D eigenvalue weighted by molar-refractivity contribution is 7.99. The number of carbonyl (C=O) groups excluding carboxylic acids is 1. The van der Waals surface area contributed by atoms with E-state index in [2.05, 4.69) is 22.8 Å². The highest BCUT2D eigenvalue weighted by Gasteiger charge is 2.21. The maximum Gasteiger partial charge on any atom is 0.228 e. The molecular weight excluding hydrogens is 328 g/mol. The molecule has 0 unspecified atom stereocenters. The second-order valence-electron chi connectivity index (χ2n) is 5.44. The van der Waals surface area contributed by atoms with Crippen molar-refractivity contribution < 1.29 is 4.79 Å². The van der Waals surface area contributed by atoms with E-state index >= 15 is 0 Å². The molecule has 0 radical (unpaired) electrons. The van der Waals surface area contributed by atoms with Gasteiger partial charge in [0.05, 0.1) is 11.6 Å². The third-order valence-electron chi connectivity index (χ3n) is 3.78. The van der Waals surface area contributed by atoms with Gasteiger partial charge in [-0.2, -0.15) is 0 Å². The molecule has 3 nitrogen and oxygen atoms in total. The summed E-state index contributed by atoms with van der Waals surface area (Å²) in [5, 5.41) is 6.39. The number of halogens is 1. The summed E-state index contributed by atoms with van der Waals surface area (Å²) in [6.07, 6.45) is 2.03. The minimum atomic E-state index is 0. The smallest absolute Gasteiger partial charge is 0.228 e. The largest absolute Gasteiger partial charge is 0.325 e. The lowest BCUT2D eigenvalue weighted by atomic mass is 9.99. The zero-order valence-corrected chi connectivity index (χ0v) is 14.5. The van der Waals surface area contributed by atoms with Gasteiger partial charge in [-0.15, -0.1) is 12.4 Å². The molecule has 0 aromatic heterocycles. The molecule has 1 atom stereocenters. The second-order valence-corrected chi connectivity index (χ2v) is 6.56. The van der Waals surface area contributed by atoms with E-state index in [-0.39, 0.29) is 24.2 Å². The van der Waals surface area contributed by atoms with Crippen LogP contribution in [-0.2, 0) is 4.79 Å². The third kappa shape index (κ3) is 4.99. The number of rotatable bonds is 4. The minimum absolute atomic E-state index is 0. The van der Waals surface area contributed by atoms with E-state index in [0.717, 1.165) is 36.5 Å². The van der Waals surface area contributed by atoms with Gasteiger partial charge in [-0.3, -0.25) is 4.79 Å². The maximum absolute atomic E-state index is 12.4. The molecule has 122 valence electrons. The number of benzene rings is 2. The molecule has 2 aromatic rings. The lowest BCUT2D eigenvalue weighted by Gasteiger charge is -2.22. The summed E-state index contributed by atoms with van der Waals surface area (Å²) in [5.41, 5.74) is 0.895. The quantitative estimate of drug-likeness (QED) is 0.870. The molecule has 23 heavy (non-hydrogen) atoms. The van der Waals surface area contributed by atoms with Gasteiger partial charge in [-0.05, 0) is 43.7 Å². The first-order valence-corrected chi connectivity index (χ1v) is 8.48. The van der Waals surface area contributed by atoms with Gasteiger partial charge in [-0.25, -0.2) is 0 Å². The van der Waals surface area contributed by atoms with E-state index in [1.54, 1.807) is 11.8 Å². The third-order valence-corrected chi connectivity index (χ3v) is 4.87. The van der Waals surface area contributed by atoms with Crippen molar-refractivity contribution in [3.63, 3.8) is 0 Å². The van der Waals surface area contributed by atoms with E-state index in [4.69, 9.17) is 0 Å². The SMILES string of the molecule is Cl.O=C(Nc1ccccc1Sc1ccccc1)[C@@H]1CCCNC1. The molecule has 0 spiro atoms. The maximum atomic E-state index is 12.4. The number of amides is 1. The molecule has 1 amide bonds. The van der Waals surface area contributed by atoms with Crippen molar-refractivity contribution in [1.82, 2.24) is 5.32 Å². The molecule has 2 aromatic carbocycles. The van der Waals surface area contributed by atoms with Gasteiger partial charge >= 0.3 is 0 Å². The van der Waals surface area contributed by atoms with Gasteiger partial charge < -0.3 is 10.6 Å². The summed E-state index contributed by atoms with van der Waals surface area (Å²) < 4.78 is 0. The summed E-state index contributed by atoms with van der Waals surface area (Å²) in [6.45, 7) is 1.80. The van der Waals surface area contributed by atoms with Crippen LogP contribution in [0.1, 0.15) is 12.8 Å². The van der Waals surface area contributed by atoms with Crippen LogP contribution in [0, 0.1) is 5.92 Å². The van der Waals surface area contributed by atoms with Crippen molar-refractivity contribution in [3.05, 3.63) is 54.6 Å². The average molecular weight is 349 g/mol. The van der Waals surface area contributed by atoms with Gasteiger partial charge in [-0.1, -0.05) is 42.1 Å². The Morgan fingerprint density at radius 2 is 1.83 bits per heavy atom. The van der Waals surface area contributed by atoms with Gasteiger partial charge in [0.1, 0.15) is 0 Å². The molecule has 3 rings (SSSR count). The monoisotopic (exact) mass is 348 g/mol. The van der Waals surface area contributed by atoms with Crippen LogP contribution in [0.4, 0.5) is 5.69 Å². The lowest BCUT2D eigenvalue weighted by molar-refractivity contribution is -0.120. The van der Waals surface area contributed by atoms with Crippen LogP contribution in [-0.4, -0.2) is 19.0 Å². The fourth-order valence-corrected chi connectivity index (χ4v) is 3.51. The molecule has 1 aliphatic heterocycles. The van der Waals surface area contributed by atoms with Crippen LogP contribution < -0.4 is 10.6 Å². The van der Waals surface area contributed by atoms with E-state index in [1.807, 2.05) is 42.5 Å². The second kappa shape index (κ2) is 8.96. The van der Waals surface area contributed by atoms with Crippen LogP contribution in [0.25, 0.3) is 0 Å². The Balaban J connectivity index is 0.00000192. The Bertz CT molecular complexity index is 630. The molecule has 1 saturated heterocycles. The zero-order chi connectivity index (χ0) is 15.2. The Morgan fingerprint density at radius 3 is 2.57 bits per heavy atom. The van der Waals surface area contributed by atoms with Gasteiger partial charge in [0.15, 0.2) is 0 Å². The molecule has 1 aliphatic rings. The first-order chi connectivity index (χ1) is 10.8. The molecule has 1 fully saturated rings. The van der Waals surface area contributed by atoms with Crippen LogP contribution in [0.3, 0.4) is 0 Å². The molecule has 1 heterocycles. The predicted octanol–water partition coefficient (Wildman–Crippen LogP) is 4.20. The summed E-state index contributed by atoms with van der Waals surface area (Å²) >= 11 is 1.67. The lowest BCUT2D eigenvalue weighted by Crippen LogP contribution is -2.37. The normalized spacial score (nSPS) is 17.1. The Hall–Kier alpha value is -1.49. The fourth-order valence-electron chi connectivity index (χ4n) is 2.58. The van der Waals surface area contributed by atoms with Crippen molar-refractivity contribution in [1.29, 1.82) is 0 Å². The van der Waals surface area contributed by atoms with Crippen molar-refractivity contribution in [2.45, 2.75) is 22.6 Å². The summed E-state index contributed by atoms with van der Waals surface area (Å²) in [4.78, 5) is 14.7. The zero-order valence-electron chi connectivity index (χ0n) is 12.8. The van der Waals surface area contributed by atoms with Crippen LogP contribution in [0.2, 0.25) is 0 Å². The first kappa shape index (κ1) is 17.9. The molecule has 2 N–H and O–H groups in total. The summed E-state index contributed by atoms with van der Waals surface area (Å²) in [7, 11) is 0. The first-order valence-electron chi connectivity index (χ1n) is 7.66. The number of anilines is 1. The van der Waals surface area contributed by atoms with Crippen molar-refractivity contribution in [2.24, 2.45) is 5.92 Å². The number of hydrogen-bond acceptors (Lipinski definition) is 3. The van der Waals surface area contributed by atoms with Gasteiger partial charge in [0.2, 0.25) is 5.91 Å². The topological polar surface area (TPSA) is 41.1 Å². The van der Waals surface area contributed by atoms with E-state index in [9.17, 15) is 4.79 Å². The molecule has 5 heteroatoms. The van der Waals surface area contributed by atoms with Crippen LogP contribution >= 0.6 is 24.2 Å². The van der Waals surface area contributed by atoms with Crippen molar-refractivity contribution >= 4 is 35.8 Å². The van der Waals surface area contributed by atoms with Crippen LogP contribution in [0.15, 0.2) is 64.4 Å².